The van der Waals surface area contributed by atoms with Crippen molar-refractivity contribution in [2.75, 3.05) is 11.9 Å². The molecule has 0 aliphatic heterocycles. The Bertz CT molecular complexity index is 1080. The minimum absolute atomic E-state index is 0.00344. The van der Waals surface area contributed by atoms with Gasteiger partial charge in [-0.05, 0) is 72.7 Å². The lowest BCUT2D eigenvalue weighted by atomic mass is 10.1. The smallest absolute Gasteiger partial charge is 0.266 e. The third-order valence-corrected chi connectivity index (χ3v) is 4.55. The van der Waals surface area contributed by atoms with E-state index in [1.54, 1.807) is 48.5 Å². The Labute approximate surface area is 186 Å². The number of halogens is 1. The van der Waals surface area contributed by atoms with Gasteiger partial charge < -0.3 is 14.8 Å². The molecule has 0 unspecified atom stereocenters. The van der Waals surface area contributed by atoms with Crippen LogP contribution in [0.1, 0.15) is 18.1 Å². The molecule has 0 spiro atoms. The molecule has 5 nitrogen and oxygen atoms in total. The van der Waals surface area contributed by atoms with Gasteiger partial charge in [-0.3, -0.25) is 4.79 Å². The van der Waals surface area contributed by atoms with Crippen molar-refractivity contribution in [3.8, 4) is 17.6 Å². The second-order valence-corrected chi connectivity index (χ2v) is 7.00. The highest BCUT2D eigenvalue weighted by Gasteiger charge is 2.10. The van der Waals surface area contributed by atoms with Crippen LogP contribution in [0, 0.1) is 11.3 Å². The van der Waals surface area contributed by atoms with E-state index in [0.717, 1.165) is 16.9 Å². The largest absolute Gasteiger partial charge is 0.494 e. The number of carbonyl (C=O) groups excluding carboxylic acids is 1. The summed E-state index contributed by atoms with van der Waals surface area (Å²) in [5, 5.41) is 12.8. The van der Waals surface area contributed by atoms with Crippen LogP contribution in [0.2, 0.25) is 5.02 Å². The number of hydrogen-bond donors (Lipinski definition) is 1. The summed E-state index contributed by atoms with van der Waals surface area (Å²) in [5.74, 6) is 0.925. The van der Waals surface area contributed by atoms with E-state index in [0.29, 0.717) is 29.7 Å². The van der Waals surface area contributed by atoms with E-state index >= 15 is 0 Å². The van der Waals surface area contributed by atoms with Gasteiger partial charge in [0.15, 0.2) is 0 Å². The lowest BCUT2D eigenvalue weighted by Crippen LogP contribution is -2.13. The van der Waals surface area contributed by atoms with Crippen LogP contribution >= 0.6 is 11.6 Å². The fourth-order valence-corrected chi connectivity index (χ4v) is 2.85. The number of ether oxygens (including phenoxy) is 2. The number of anilines is 1. The first-order valence-electron chi connectivity index (χ1n) is 9.70. The van der Waals surface area contributed by atoms with Crippen LogP contribution < -0.4 is 14.8 Å². The highest BCUT2D eigenvalue weighted by Crippen LogP contribution is 2.19. The Morgan fingerprint density at radius 2 is 1.58 bits per heavy atom. The van der Waals surface area contributed by atoms with Gasteiger partial charge in [-0.1, -0.05) is 35.9 Å². The van der Waals surface area contributed by atoms with Gasteiger partial charge in [0.2, 0.25) is 0 Å². The topological polar surface area (TPSA) is 71.3 Å². The maximum Gasteiger partial charge on any atom is 0.266 e. The van der Waals surface area contributed by atoms with Crippen molar-refractivity contribution in [2.24, 2.45) is 0 Å². The minimum atomic E-state index is -0.477. The molecule has 0 saturated carbocycles. The molecule has 0 aliphatic carbocycles. The number of benzene rings is 3. The molecule has 0 bridgehead atoms. The van der Waals surface area contributed by atoms with Gasteiger partial charge in [0.05, 0.1) is 6.61 Å². The molecule has 1 N–H and O–H groups in total. The number of carbonyl (C=O) groups is 1. The predicted octanol–water partition coefficient (Wildman–Crippen LogP) is 5.86. The summed E-state index contributed by atoms with van der Waals surface area (Å²) >= 11 is 5.88. The number of amides is 1. The second kappa shape index (κ2) is 10.9. The van der Waals surface area contributed by atoms with Gasteiger partial charge in [-0.2, -0.15) is 5.26 Å². The summed E-state index contributed by atoms with van der Waals surface area (Å²) in [6.07, 6.45) is 1.53. The molecule has 3 rings (SSSR count). The van der Waals surface area contributed by atoms with E-state index < -0.39 is 5.91 Å². The first kappa shape index (κ1) is 21.9. The number of hydrogen-bond acceptors (Lipinski definition) is 4. The van der Waals surface area contributed by atoms with Gasteiger partial charge >= 0.3 is 0 Å². The van der Waals surface area contributed by atoms with Crippen LogP contribution in [0.4, 0.5) is 5.69 Å². The highest BCUT2D eigenvalue weighted by atomic mass is 35.5. The predicted molar refractivity (Wildman–Crippen MR) is 122 cm³/mol. The summed E-state index contributed by atoms with van der Waals surface area (Å²) < 4.78 is 11.1. The van der Waals surface area contributed by atoms with Crippen molar-refractivity contribution < 1.29 is 14.3 Å². The Kier molecular flexibility index (Phi) is 7.69. The Morgan fingerprint density at radius 3 is 2.19 bits per heavy atom. The van der Waals surface area contributed by atoms with Crippen molar-refractivity contribution >= 4 is 29.3 Å². The van der Waals surface area contributed by atoms with Crippen molar-refractivity contribution in [1.82, 2.24) is 0 Å². The van der Waals surface area contributed by atoms with Crippen LogP contribution in [0.15, 0.2) is 78.4 Å². The zero-order chi connectivity index (χ0) is 22.1. The highest BCUT2D eigenvalue weighted by molar-refractivity contribution is 6.30. The van der Waals surface area contributed by atoms with Gasteiger partial charge in [0, 0.05) is 10.7 Å². The first-order valence-corrected chi connectivity index (χ1v) is 10.1. The molecule has 0 fully saturated rings. The number of nitrogens with zero attached hydrogens (tertiary/aromatic N) is 1. The summed E-state index contributed by atoms with van der Waals surface area (Å²) in [6, 6.07) is 23.5. The fraction of sp³-hybridized carbons (Fsp3) is 0.120. The monoisotopic (exact) mass is 432 g/mol. The van der Waals surface area contributed by atoms with Gasteiger partial charge in [-0.15, -0.1) is 0 Å². The quantitative estimate of drug-likeness (QED) is 0.357. The zero-order valence-corrected chi connectivity index (χ0v) is 17.7. The standard InChI is InChI=1S/C25H21ClN2O3/c1-2-30-23-13-9-22(10-14-23)28-25(29)20(16-27)15-18-5-11-24(12-6-18)31-17-19-3-7-21(26)8-4-19/h3-15H,2,17H2,1H3,(H,28,29)/b20-15+. The van der Waals surface area contributed by atoms with E-state index in [-0.39, 0.29) is 5.57 Å². The lowest BCUT2D eigenvalue weighted by Gasteiger charge is -2.08. The number of nitrogens with one attached hydrogen (secondary N) is 1. The number of nitriles is 1. The van der Waals surface area contributed by atoms with Crippen molar-refractivity contribution in [3.05, 3.63) is 94.5 Å². The normalized spacial score (nSPS) is 10.8. The van der Waals surface area contributed by atoms with Gasteiger partial charge in [-0.25, -0.2) is 0 Å². The maximum absolute atomic E-state index is 12.4. The summed E-state index contributed by atoms with van der Waals surface area (Å²) in [4.78, 5) is 12.4. The van der Waals surface area contributed by atoms with Crippen molar-refractivity contribution in [3.63, 3.8) is 0 Å². The first-order chi connectivity index (χ1) is 15.1. The van der Waals surface area contributed by atoms with Crippen LogP contribution in [0.5, 0.6) is 11.5 Å². The number of rotatable bonds is 8. The molecule has 1 amide bonds. The van der Waals surface area contributed by atoms with Gasteiger partial charge in [0.1, 0.15) is 29.7 Å². The summed E-state index contributed by atoms with van der Waals surface area (Å²) in [7, 11) is 0. The van der Waals surface area contributed by atoms with Crippen LogP contribution in [-0.4, -0.2) is 12.5 Å². The zero-order valence-electron chi connectivity index (χ0n) is 17.0. The maximum atomic E-state index is 12.4. The van der Waals surface area contributed by atoms with E-state index in [2.05, 4.69) is 5.32 Å². The van der Waals surface area contributed by atoms with E-state index in [4.69, 9.17) is 21.1 Å². The molecule has 3 aromatic carbocycles. The van der Waals surface area contributed by atoms with Crippen LogP contribution in [-0.2, 0) is 11.4 Å². The van der Waals surface area contributed by atoms with E-state index in [1.807, 2.05) is 37.3 Å². The molecule has 0 atom stereocenters. The molecule has 0 saturated heterocycles. The molecule has 0 aromatic heterocycles. The minimum Gasteiger partial charge on any atom is -0.494 e. The Balaban J connectivity index is 1.61. The molecule has 0 radical (unpaired) electrons. The molecule has 31 heavy (non-hydrogen) atoms. The molecule has 6 heteroatoms. The summed E-state index contributed by atoms with van der Waals surface area (Å²) in [6.45, 7) is 2.89. The Morgan fingerprint density at radius 1 is 0.968 bits per heavy atom. The van der Waals surface area contributed by atoms with Crippen molar-refractivity contribution in [2.45, 2.75) is 13.5 Å². The molecular weight excluding hydrogens is 412 g/mol. The molecule has 156 valence electrons. The molecular formula is C25H21ClN2O3. The van der Waals surface area contributed by atoms with Crippen LogP contribution in [0.3, 0.4) is 0 Å². The molecule has 0 heterocycles. The second-order valence-electron chi connectivity index (χ2n) is 6.57. The third-order valence-electron chi connectivity index (χ3n) is 4.30. The average molecular weight is 433 g/mol. The summed E-state index contributed by atoms with van der Waals surface area (Å²) in [5.41, 5.74) is 2.31. The molecule has 3 aromatic rings. The average Bonchev–Trinajstić information content (AvgIpc) is 2.79. The third kappa shape index (κ3) is 6.63. The van der Waals surface area contributed by atoms with Gasteiger partial charge in [0.25, 0.3) is 5.91 Å². The van der Waals surface area contributed by atoms with E-state index in [1.165, 1.54) is 6.08 Å². The fourth-order valence-electron chi connectivity index (χ4n) is 2.72. The van der Waals surface area contributed by atoms with Crippen molar-refractivity contribution in [1.29, 1.82) is 5.26 Å². The van der Waals surface area contributed by atoms with Crippen LogP contribution in [0.25, 0.3) is 6.08 Å². The lowest BCUT2D eigenvalue weighted by molar-refractivity contribution is -0.112. The Hall–Kier alpha value is -3.75. The SMILES string of the molecule is CCOc1ccc(NC(=O)/C(C#N)=C/c2ccc(OCc3ccc(Cl)cc3)cc2)cc1. The molecule has 0 aliphatic rings. The van der Waals surface area contributed by atoms with E-state index in [9.17, 15) is 10.1 Å².